The Kier molecular flexibility index (Phi) is 3.21. The molecule has 1 aliphatic rings. The van der Waals surface area contributed by atoms with Gasteiger partial charge in [0.05, 0.1) is 0 Å². The lowest BCUT2D eigenvalue weighted by atomic mass is 9.77. The molecule has 0 saturated heterocycles. The first-order valence-corrected chi connectivity index (χ1v) is 7.65. The Balaban J connectivity index is 1.44. The number of furan rings is 1. The predicted molar refractivity (Wildman–Crippen MR) is 85.8 cm³/mol. The fraction of sp³-hybridized carbons (Fsp3) is 0.222. The zero-order valence-electron chi connectivity index (χ0n) is 11.6. The Morgan fingerprint density at radius 1 is 1.10 bits per heavy atom. The third kappa shape index (κ3) is 2.25. The fourth-order valence-corrected chi connectivity index (χ4v) is 3.40. The van der Waals surface area contributed by atoms with E-state index in [2.05, 4.69) is 35.6 Å². The van der Waals surface area contributed by atoms with Gasteiger partial charge in [-0.15, -0.1) is 0 Å². The van der Waals surface area contributed by atoms with Crippen molar-refractivity contribution in [2.24, 2.45) is 0 Å². The largest absolute Gasteiger partial charge is 0.444 e. The molecule has 0 amide bonds. The molecule has 0 fully saturated rings. The topological polar surface area (TPSA) is 25.2 Å². The average molecular weight is 298 g/mol. The first kappa shape index (κ1) is 12.9. The lowest BCUT2D eigenvalue weighted by molar-refractivity contribution is 0.532. The van der Waals surface area contributed by atoms with Crippen LogP contribution in [0.1, 0.15) is 22.6 Å². The Hall–Kier alpha value is -1.77. The van der Waals surface area contributed by atoms with E-state index in [0.29, 0.717) is 11.1 Å². The molecule has 1 aromatic heterocycles. The second kappa shape index (κ2) is 5.21. The van der Waals surface area contributed by atoms with Crippen molar-refractivity contribution in [2.75, 3.05) is 6.54 Å². The molecule has 0 radical (unpaired) electrons. The molecule has 106 valence electrons. The first-order valence-electron chi connectivity index (χ1n) is 7.27. The number of para-hydroxylation sites is 1. The van der Waals surface area contributed by atoms with Gasteiger partial charge >= 0.3 is 0 Å². The molecule has 1 atom stereocenters. The maximum atomic E-state index is 6.21. The van der Waals surface area contributed by atoms with Gasteiger partial charge in [-0.25, -0.2) is 0 Å². The van der Waals surface area contributed by atoms with Crippen LogP contribution in [0.15, 0.2) is 52.9 Å². The van der Waals surface area contributed by atoms with Crippen molar-refractivity contribution in [1.29, 1.82) is 0 Å². The molecule has 0 bridgehead atoms. The molecule has 2 aromatic carbocycles. The minimum absolute atomic E-state index is 0.498. The highest BCUT2D eigenvalue weighted by molar-refractivity contribution is 6.30. The second-order valence-electron chi connectivity index (χ2n) is 5.58. The van der Waals surface area contributed by atoms with Crippen LogP contribution in [0.4, 0.5) is 0 Å². The molecule has 3 aromatic rings. The van der Waals surface area contributed by atoms with Crippen molar-refractivity contribution >= 4 is 22.6 Å². The Morgan fingerprint density at radius 2 is 1.90 bits per heavy atom. The maximum absolute atomic E-state index is 6.21. The molecule has 21 heavy (non-hydrogen) atoms. The van der Waals surface area contributed by atoms with Crippen LogP contribution in [0.25, 0.3) is 11.0 Å². The summed E-state index contributed by atoms with van der Waals surface area (Å²) in [6.07, 6.45) is 1.17. The van der Waals surface area contributed by atoms with Crippen LogP contribution in [0.3, 0.4) is 0 Å². The van der Waals surface area contributed by atoms with Crippen molar-refractivity contribution in [3.63, 3.8) is 0 Å². The third-order valence-electron chi connectivity index (χ3n) is 4.30. The molecule has 1 N–H and O–H groups in total. The lowest BCUT2D eigenvalue weighted by Gasteiger charge is -2.30. The van der Waals surface area contributed by atoms with Crippen molar-refractivity contribution in [3.05, 3.63) is 70.4 Å². The Morgan fingerprint density at radius 3 is 2.81 bits per heavy atom. The van der Waals surface area contributed by atoms with E-state index < -0.39 is 0 Å². The fourth-order valence-electron chi connectivity index (χ4n) is 3.15. The summed E-state index contributed by atoms with van der Waals surface area (Å²) < 4.78 is 5.58. The minimum atomic E-state index is 0.498. The quantitative estimate of drug-likeness (QED) is 0.766. The van der Waals surface area contributed by atoms with Crippen LogP contribution in [0.5, 0.6) is 0 Å². The monoisotopic (exact) mass is 297 g/mol. The van der Waals surface area contributed by atoms with E-state index in [1.807, 2.05) is 18.2 Å². The third-order valence-corrected chi connectivity index (χ3v) is 4.61. The molecule has 0 aliphatic heterocycles. The van der Waals surface area contributed by atoms with Gasteiger partial charge in [0.1, 0.15) is 5.58 Å². The van der Waals surface area contributed by atoms with Crippen molar-refractivity contribution in [3.8, 4) is 0 Å². The SMILES string of the molecule is Clc1oc2ccccc2c1CNCC1Cc2ccccc21. The molecular weight excluding hydrogens is 282 g/mol. The first-order chi connectivity index (χ1) is 10.3. The number of halogens is 1. The summed E-state index contributed by atoms with van der Waals surface area (Å²) in [5, 5.41) is 5.12. The Bertz CT molecular complexity index is 793. The van der Waals surface area contributed by atoms with Gasteiger partial charge in [-0.2, -0.15) is 0 Å². The molecular formula is C18H16ClNO. The van der Waals surface area contributed by atoms with Crippen molar-refractivity contribution in [2.45, 2.75) is 18.9 Å². The number of hydrogen-bond donors (Lipinski definition) is 1. The summed E-state index contributed by atoms with van der Waals surface area (Å²) in [4.78, 5) is 0. The summed E-state index contributed by atoms with van der Waals surface area (Å²) in [5.74, 6) is 0.623. The predicted octanol–water partition coefficient (Wildman–Crippen LogP) is 4.52. The molecule has 2 nitrogen and oxygen atoms in total. The highest BCUT2D eigenvalue weighted by Gasteiger charge is 2.24. The van der Waals surface area contributed by atoms with E-state index in [9.17, 15) is 0 Å². The van der Waals surface area contributed by atoms with E-state index >= 15 is 0 Å². The van der Waals surface area contributed by atoms with E-state index in [0.717, 1.165) is 29.6 Å². The lowest BCUT2D eigenvalue weighted by Crippen LogP contribution is -2.28. The zero-order valence-corrected chi connectivity index (χ0v) is 12.4. The zero-order chi connectivity index (χ0) is 14.2. The van der Waals surface area contributed by atoms with Crippen LogP contribution in [0, 0.1) is 0 Å². The average Bonchev–Trinajstić information content (AvgIpc) is 2.80. The van der Waals surface area contributed by atoms with Gasteiger partial charge in [-0.3, -0.25) is 0 Å². The molecule has 0 saturated carbocycles. The number of nitrogens with one attached hydrogen (secondary N) is 1. The highest BCUT2D eigenvalue weighted by atomic mass is 35.5. The molecule has 3 heteroatoms. The van der Waals surface area contributed by atoms with Gasteiger partial charge < -0.3 is 9.73 Å². The van der Waals surface area contributed by atoms with Gasteiger partial charge in [0.2, 0.25) is 0 Å². The van der Waals surface area contributed by atoms with Gasteiger partial charge in [0.25, 0.3) is 0 Å². The minimum Gasteiger partial charge on any atom is -0.444 e. The number of rotatable bonds is 4. The molecule has 0 spiro atoms. The summed E-state index contributed by atoms with van der Waals surface area (Å²) in [6, 6.07) is 16.7. The smallest absolute Gasteiger partial charge is 0.199 e. The number of benzene rings is 2. The molecule has 1 aliphatic carbocycles. The van der Waals surface area contributed by atoms with Gasteiger partial charge in [-0.05, 0) is 35.2 Å². The van der Waals surface area contributed by atoms with E-state index in [-0.39, 0.29) is 0 Å². The van der Waals surface area contributed by atoms with E-state index in [4.69, 9.17) is 16.0 Å². The van der Waals surface area contributed by atoms with Crippen LogP contribution >= 0.6 is 11.6 Å². The van der Waals surface area contributed by atoms with E-state index in [1.165, 1.54) is 17.5 Å². The number of hydrogen-bond acceptors (Lipinski definition) is 2. The Labute approximate surface area is 128 Å². The normalized spacial score (nSPS) is 16.7. The summed E-state index contributed by atoms with van der Waals surface area (Å²) >= 11 is 6.21. The van der Waals surface area contributed by atoms with E-state index in [1.54, 1.807) is 0 Å². The summed E-state index contributed by atoms with van der Waals surface area (Å²) in [7, 11) is 0. The molecule has 1 unspecified atom stereocenters. The van der Waals surface area contributed by atoms with Gasteiger partial charge in [-0.1, -0.05) is 42.5 Å². The van der Waals surface area contributed by atoms with Crippen molar-refractivity contribution < 1.29 is 4.42 Å². The van der Waals surface area contributed by atoms with Gasteiger partial charge in [0, 0.05) is 30.0 Å². The maximum Gasteiger partial charge on any atom is 0.199 e. The molecule has 4 rings (SSSR count). The van der Waals surface area contributed by atoms with Crippen LogP contribution < -0.4 is 5.32 Å². The van der Waals surface area contributed by atoms with Crippen LogP contribution in [-0.2, 0) is 13.0 Å². The van der Waals surface area contributed by atoms with Crippen molar-refractivity contribution in [1.82, 2.24) is 5.32 Å². The summed E-state index contributed by atoms with van der Waals surface area (Å²) in [6.45, 7) is 1.72. The molecule has 1 heterocycles. The van der Waals surface area contributed by atoms with Crippen LogP contribution in [0.2, 0.25) is 5.22 Å². The number of fused-ring (bicyclic) bond motifs is 2. The summed E-state index contributed by atoms with van der Waals surface area (Å²) in [5.41, 5.74) is 4.87. The van der Waals surface area contributed by atoms with Gasteiger partial charge in [0.15, 0.2) is 5.22 Å². The second-order valence-corrected chi connectivity index (χ2v) is 5.92. The standard InChI is InChI=1S/C18H16ClNO/c19-18-16(15-7-3-4-8-17(15)21-18)11-20-10-13-9-12-5-1-2-6-14(12)13/h1-8,13,20H,9-11H2. The highest BCUT2D eigenvalue weighted by Crippen LogP contribution is 2.34. The van der Waals surface area contributed by atoms with Crippen LogP contribution in [-0.4, -0.2) is 6.54 Å².